The van der Waals surface area contributed by atoms with E-state index in [4.69, 9.17) is 4.74 Å². The summed E-state index contributed by atoms with van der Waals surface area (Å²) >= 11 is 0. The maximum Gasteiger partial charge on any atom is 0.165 e. The van der Waals surface area contributed by atoms with Gasteiger partial charge in [0.2, 0.25) is 0 Å². The Kier molecular flexibility index (Phi) is 4.87. The number of rotatable bonds is 6. The lowest BCUT2D eigenvalue weighted by molar-refractivity contribution is 0.284. The molecule has 0 aliphatic heterocycles. The zero-order valence-corrected chi connectivity index (χ0v) is 11.2. The summed E-state index contributed by atoms with van der Waals surface area (Å²) in [5.74, 6) is -1.24. The molecular formula is C15H16F2N2O. The first-order chi connectivity index (χ1) is 9.69. The van der Waals surface area contributed by atoms with Gasteiger partial charge in [-0.15, -0.1) is 0 Å². The van der Waals surface area contributed by atoms with Crippen LogP contribution in [-0.4, -0.2) is 11.5 Å². The number of pyridine rings is 1. The molecule has 0 spiro atoms. The maximum atomic E-state index is 13.4. The van der Waals surface area contributed by atoms with Crippen molar-refractivity contribution >= 4 is 5.69 Å². The van der Waals surface area contributed by atoms with E-state index in [9.17, 15) is 8.78 Å². The maximum absolute atomic E-state index is 13.4. The van der Waals surface area contributed by atoms with Crippen molar-refractivity contribution < 1.29 is 13.5 Å². The lowest BCUT2D eigenvalue weighted by atomic mass is 10.3. The zero-order chi connectivity index (χ0) is 14.4. The normalized spacial score (nSPS) is 10.3. The average Bonchev–Trinajstić information content (AvgIpc) is 2.46. The van der Waals surface area contributed by atoms with Gasteiger partial charge >= 0.3 is 0 Å². The van der Waals surface area contributed by atoms with Crippen LogP contribution in [-0.2, 0) is 6.61 Å². The van der Waals surface area contributed by atoms with Crippen LogP contribution < -0.4 is 10.1 Å². The lowest BCUT2D eigenvalue weighted by Crippen LogP contribution is -2.03. The summed E-state index contributed by atoms with van der Waals surface area (Å²) in [6, 6.07) is 6.79. The number of benzene rings is 1. The third kappa shape index (κ3) is 3.91. The number of hydrogen-bond donors (Lipinski definition) is 1. The van der Waals surface area contributed by atoms with Crippen molar-refractivity contribution in [3.63, 3.8) is 0 Å². The van der Waals surface area contributed by atoms with Crippen molar-refractivity contribution in [2.24, 2.45) is 0 Å². The molecule has 0 amide bonds. The molecule has 0 aliphatic carbocycles. The van der Waals surface area contributed by atoms with Crippen LogP contribution >= 0.6 is 0 Å². The summed E-state index contributed by atoms with van der Waals surface area (Å²) in [7, 11) is 0. The highest BCUT2D eigenvalue weighted by Gasteiger charge is 2.06. The molecule has 1 aromatic heterocycles. The Morgan fingerprint density at radius 1 is 1.20 bits per heavy atom. The quantitative estimate of drug-likeness (QED) is 0.873. The highest BCUT2D eigenvalue weighted by molar-refractivity contribution is 5.43. The molecular weight excluding hydrogens is 262 g/mol. The summed E-state index contributed by atoms with van der Waals surface area (Å²) in [5.41, 5.74) is 1.58. The molecule has 0 fully saturated rings. The first-order valence-corrected chi connectivity index (χ1v) is 6.45. The molecule has 2 aromatic rings. The SMILES string of the molecule is CCCNc1ccnc(COc2cc(F)ccc2F)c1. The van der Waals surface area contributed by atoms with E-state index in [1.54, 1.807) is 6.20 Å². The Hall–Kier alpha value is -2.17. The van der Waals surface area contributed by atoms with E-state index in [1.165, 1.54) is 0 Å². The third-order valence-corrected chi connectivity index (χ3v) is 2.66. The van der Waals surface area contributed by atoms with Gasteiger partial charge in [-0.1, -0.05) is 6.92 Å². The second-order valence-corrected chi connectivity index (χ2v) is 4.33. The summed E-state index contributed by atoms with van der Waals surface area (Å²) in [6.45, 7) is 3.02. The van der Waals surface area contributed by atoms with Crippen molar-refractivity contribution in [1.82, 2.24) is 4.98 Å². The Bertz CT molecular complexity index is 576. The van der Waals surface area contributed by atoms with Crippen LogP contribution in [0.4, 0.5) is 14.5 Å². The van der Waals surface area contributed by atoms with E-state index in [2.05, 4.69) is 17.2 Å². The van der Waals surface area contributed by atoms with E-state index in [0.717, 1.165) is 36.9 Å². The van der Waals surface area contributed by atoms with E-state index in [1.807, 2.05) is 12.1 Å². The molecule has 3 nitrogen and oxygen atoms in total. The summed E-state index contributed by atoms with van der Waals surface area (Å²) in [6.07, 6.45) is 2.67. The van der Waals surface area contributed by atoms with Crippen LogP contribution in [0.15, 0.2) is 36.5 Å². The Morgan fingerprint density at radius 2 is 2.05 bits per heavy atom. The fourth-order valence-electron chi connectivity index (χ4n) is 1.68. The average molecular weight is 278 g/mol. The summed E-state index contributed by atoms with van der Waals surface area (Å²) in [4.78, 5) is 4.13. The van der Waals surface area contributed by atoms with Gasteiger partial charge in [0.15, 0.2) is 11.6 Å². The fraction of sp³-hybridized carbons (Fsp3) is 0.267. The molecule has 0 unspecified atom stereocenters. The van der Waals surface area contributed by atoms with Crippen LogP contribution in [0.25, 0.3) is 0 Å². The van der Waals surface area contributed by atoms with Gasteiger partial charge in [-0.2, -0.15) is 0 Å². The number of hydrogen-bond acceptors (Lipinski definition) is 3. The molecule has 1 N–H and O–H groups in total. The number of halogens is 2. The van der Waals surface area contributed by atoms with E-state index >= 15 is 0 Å². The minimum absolute atomic E-state index is 0.0853. The standard InChI is InChI=1S/C15H16F2N2O/c1-2-6-18-12-5-7-19-13(9-12)10-20-15-8-11(16)3-4-14(15)17/h3-5,7-9H,2,6,10H2,1H3,(H,18,19). The van der Waals surface area contributed by atoms with Gasteiger partial charge in [0.05, 0.1) is 5.69 Å². The van der Waals surface area contributed by atoms with Crippen LogP contribution in [0, 0.1) is 11.6 Å². The zero-order valence-electron chi connectivity index (χ0n) is 11.2. The molecule has 106 valence electrons. The molecule has 0 atom stereocenters. The van der Waals surface area contributed by atoms with Crippen LogP contribution in [0.3, 0.4) is 0 Å². The predicted octanol–water partition coefficient (Wildman–Crippen LogP) is 3.76. The van der Waals surface area contributed by atoms with Crippen LogP contribution in [0.5, 0.6) is 5.75 Å². The van der Waals surface area contributed by atoms with Gasteiger partial charge < -0.3 is 10.1 Å². The highest BCUT2D eigenvalue weighted by atomic mass is 19.1. The molecule has 0 saturated heterocycles. The Balaban J connectivity index is 2.01. The second kappa shape index (κ2) is 6.84. The van der Waals surface area contributed by atoms with Crippen molar-refractivity contribution in [2.45, 2.75) is 20.0 Å². The number of aromatic nitrogens is 1. The molecule has 1 aromatic carbocycles. The molecule has 5 heteroatoms. The molecule has 0 aliphatic rings. The first-order valence-electron chi connectivity index (χ1n) is 6.45. The Morgan fingerprint density at radius 3 is 2.85 bits per heavy atom. The fourth-order valence-corrected chi connectivity index (χ4v) is 1.68. The van der Waals surface area contributed by atoms with Crippen molar-refractivity contribution in [1.29, 1.82) is 0 Å². The largest absolute Gasteiger partial charge is 0.484 e. The summed E-state index contributed by atoms with van der Waals surface area (Å²) < 4.78 is 31.7. The van der Waals surface area contributed by atoms with Crippen LogP contribution in [0.1, 0.15) is 19.0 Å². The number of anilines is 1. The highest BCUT2D eigenvalue weighted by Crippen LogP contribution is 2.19. The van der Waals surface area contributed by atoms with E-state index in [-0.39, 0.29) is 12.4 Å². The third-order valence-electron chi connectivity index (χ3n) is 2.66. The van der Waals surface area contributed by atoms with Crippen molar-refractivity contribution in [3.8, 4) is 5.75 Å². The molecule has 0 radical (unpaired) electrons. The van der Waals surface area contributed by atoms with Gasteiger partial charge in [0.25, 0.3) is 0 Å². The van der Waals surface area contributed by atoms with Gasteiger partial charge in [-0.25, -0.2) is 8.78 Å². The van der Waals surface area contributed by atoms with Gasteiger partial charge in [0.1, 0.15) is 12.4 Å². The smallest absolute Gasteiger partial charge is 0.165 e. The van der Waals surface area contributed by atoms with Crippen molar-refractivity contribution in [3.05, 3.63) is 53.9 Å². The van der Waals surface area contributed by atoms with Gasteiger partial charge in [-0.05, 0) is 30.7 Å². The molecule has 0 bridgehead atoms. The van der Waals surface area contributed by atoms with Gasteiger partial charge in [-0.3, -0.25) is 4.98 Å². The molecule has 20 heavy (non-hydrogen) atoms. The lowest BCUT2D eigenvalue weighted by Gasteiger charge is -2.09. The van der Waals surface area contributed by atoms with E-state index in [0.29, 0.717) is 5.69 Å². The first kappa shape index (κ1) is 14.2. The minimum atomic E-state index is -0.591. The Labute approximate surface area is 116 Å². The van der Waals surface area contributed by atoms with Crippen molar-refractivity contribution in [2.75, 3.05) is 11.9 Å². The second-order valence-electron chi connectivity index (χ2n) is 4.33. The minimum Gasteiger partial charge on any atom is -0.484 e. The number of nitrogens with one attached hydrogen (secondary N) is 1. The van der Waals surface area contributed by atoms with Gasteiger partial charge in [0, 0.05) is 24.5 Å². The summed E-state index contributed by atoms with van der Waals surface area (Å²) in [5, 5.41) is 3.22. The topological polar surface area (TPSA) is 34.2 Å². The number of nitrogens with zero attached hydrogens (tertiary/aromatic N) is 1. The monoisotopic (exact) mass is 278 g/mol. The molecule has 0 saturated carbocycles. The number of ether oxygens (including phenoxy) is 1. The van der Waals surface area contributed by atoms with Crippen LogP contribution in [0.2, 0.25) is 0 Å². The predicted molar refractivity (Wildman–Crippen MR) is 73.7 cm³/mol. The van der Waals surface area contributed by atoms with E-state index < -0.39 is 11.6 Å². The molecule has 1 heterocycles. The molecule has 2 rings (SSSR count).